The van der Waals surface area contributed by atoms with E-state index in [2.05, 4.69) is 53.3 Å². The molecule has 0 aromatic carbocycles. The number of hydrogen-bond acceptors (Lipinski definition) is 12. The van der Waals surface area contributed by atoms with Gasteiger partial charge in [0.05, 0.1) is 89.1 Å². The van der Waals surface area contributed by atoms with Gasteiger partial charge in [0.1, 0.15) is 0 Å². The Kier molecular flexibility index (Phi) is 39.7. The van der Waals surface area contributed by atoms with Gasteiger partial charge in [-0.05, 0) is 80.1 Å². The molecule has 0 fully saturated rings. The summed E-state index contributed by atoms with van der Waals surface area (Å²) in [6.45, 7) is 39.2. The molecule has 0 aromatic rings. The highest BCUT2D eigenvalue weighted by atomic mass is 16.7. The minimum atomic E-state index is -0.333. The van der Waals surface area contributed by atoms with Crippen LogP contribution in [0.25, 0.3) is 0 Å². The summed E-state index contributed by atoms with van der Waals surface area (Å²) in [6.07, 6.45) is 10.8. The van der Waals surface area contributed by atoms with Crippen molar-refractivity contribution in [3.63, 3.8) is 0 Å². The molecular formula is C45H82O12. The van der Waals surface area contributed by atoms with Crippen molar-refractivity contribution in [3.8, 4) is 0 Å². The van der Waals surface area contributed by atoms with Crippen LogP contribution in [0.4, 0.5) is 0 Å². The monoisotopic (exact) mass is 815 g/mol. The minimum absolute atomic E-state index is 0.156. The van der Waals surface area contributed by atoms with Gasteiger partial charge in [0.25, 0.3) is 0 Å². The smallest absolute Gasteiger partial charge is 0.188 e. The number of aliphatic hydroxyl groups is 1. The number of hydrogen-bond donors (Lipinski definition) is 1. The molecule has 0 saturated carbocycles. The van der Waals surface area contributed by atoms with E-state index >= 15 is 0 Å². The van der Waals surface area contributed by atoms with E-state index in [1.807, 2.05) is 0 Å². The summed E-state index contributed by atoms with van der Waals surface area (Å²) in [4.78, 5) is 0. The van der Waals surface area contributed by atoms with Crippen LogP contribution < -0.4 is 0 Å². The largest absolute Gasteiger partial charge is 0.473 e. The lowest BCUT2D eigenvalue weighted by atomic mass is 9.84. The van der Waals surface area contributed by atoms with Crippen molar-refractivity contribution in [1.82, 2.24) is 0 Å². The van der Waals surface area contributed by atoms with Crippen LogP contribution in [-0.2, 0) is 52.1 Å². The van der Waals surface area contributed by atoms with Crippen LogP contribution in [0, 0.1) is 11.3 Å². The van der Waals surface area contributed by atoms with Gasteiger partial charge >= 0.3 is 0 Å². The molecule has 12 heteroatoms. The highest BCUT2D eigenvalue weighted by Crippen LogP contribution is 2.28. The minimum Gasteiger partial charge on any atom is -0.473 e. The molecule has 0 amide bonds. The Labute approximate surface area is 347 Å². The summed E-state index contributed by atoms with van der Waals surface area (Å²) in [6, 6.07) is 0. The molecule has 1 atom stereocenters. The van der Waals surface area contributed by atoms with Crippen molar-refractivity contribution in [1.29, 1.82) is 0 Å². The lowest BCUT2D eigenvalue weighted by Gasteiger charge is -2.33. The van der Waals surface area contributed by atoms with Crippen molar-refractivity contribution in [3.05, 3.63) is 73.7 Å². The Morgan fingerprint density at radius 3 is 1.16 bits per heavy atom. The first kappa shape index (κ1) is 56.4. The van der Waals surface area contributed by atoms with E-state index in [4.69, 9.17) is 52.1 Å². The standard InChI is InChI=1S/C30H54O9.C15H28O3/c1-26(2)12-10-9-11-13-30(20-31-14-17-34-23-37-27(3)4,21-32-15-18-35-24-38-28(5)6)22-33-16-19-36-25-39-29(7)8;1-13(2)8-6-5-7-9-15(10-16)11-17-12-18-14(3)4/h1,3,5,7,9-25H2,2,4,6,8H3;15-16H,1,3,5-12H2,2,4H3. The van der Waals surface area contributed by atoms with Gasteiger partial charge in [0.2, 0.25) is 0 Å². The van der Waals surface area contributed by atoms with Crippen molar-refractivity contribution >= 4 is 0 Å². The molecule has 0 aliphatic rings. The van der Waals surface area contributed by atoms with Gasteiger partial charge in [0.15, 0.2) is 27.2 Å². The average molecular weight is 815 g/mol. The third kappa shape index (κ3) is 44.3. The van der Waals surface area contributed by atoms with Crippen molar-refractivity contribution in [2.75, 3.05) is 99.8 Å². The number of aliphatic hydroxyl groups excluding tert-OH is 1. The van der Waals surface area contributed by atoms with E-state index in [0.29, 0.717) is 89.1 Å². The second-order valence-corrected chi connectivity index (χ2v) is 14.7. The normalized spacial score (nSPS) is 11.6. The van der Waals surface area contributed by atoms with Crippen LogP contribution in [0.15, 0.2) is 73.7 Å². The number of rotatable bonds is 42. The summed E-state index contributed by atoms with van der Waals surface area (Å²) in [7, 11) is 0. The van der Waals surface area contributed by atoms with Gasteiger partial charge in [-0.25, -0.2) is 0 Å². The fourth-order valence-electron chi connectivity index (χ4n) is 4.89. The summed E-state index contributed by atoms with van der Waals surface area (Å²) >= 11 is 0. The number of ether oxygens (including phenoxy) is 11. The first-order chi connectivity index (χ1) is 27.2. The predicted molar refractivity (Wildman–Crippen MR) is 228 cm³/mol. The molecule has 0 aliphatic carbocycles. The molecular weight excluding hydrogens is 732 g/mol. The highest BCUT2D eigenvalue weighted by Gasteiger charge is 2.31. The molecule has 0 heterocycles. The van der Waals surface area contributed by atoms with E-state index in [-0.39, 0.29) is 45.1 Å². The summed E-state index contributed by atoms with van der Waals surface area (Å²) < 4.78 is 60.6. The lowest BCUT2D eigenvalue weighted by molar-refractivity contribution is -0.108. The van der Waals surface area contributed by atoms with Gasteiger partial charge in [0, 0.05) is 17.9 Å². The van der Waals surface area contributed by atoms with Crippen LogP contribution in [0.1, 0.15) is 106 Å². The molecule has 334 valence electrons. The van der Waals surface area contributed by atoms with Gasteiger partial charge < -0.3 is 57.2 Å². The van der Waals surface area contributed by atoms with Gasteiger partial charge in [-0.1, -0.05) is 63.1 Å². The van der Waals surface area contributed by atoms with E-state index in [1.54, 1.807) is 27.7 Å². The van der Waals surface area contributed by atoms with Crippen LogP contribution in [0.3, 0.4) is 0 Å². The third-order valence-electron chi connectivity index (χ3n) is 8.03. The second kappa shape index (κ2) is 40.1. The maximum atomic E-state index is 9.23. The first-order valence-electron chi connectivity index (χ1n) is 20.3. The maximum absolute atomic E-state index is 9.23. The second-order valence-electron chi connectivity index (χ2n) is 14.7. The van der Waals surface area contributed by atoms with Gasteiger partial charge in [-0.15, -0.1) is 13.2 Å². The summed E-state index contributed by atoms with van der Waals surface area (Å²) in [5.74, 6) is 2.70. The molecule has 12 nitrogen and oxygen atoms in total. The van der Waals surface area contributed by atoms with Crippen LogP contribution >= 0.6 is 0 Å². The van der Waals surface area contributed by atoms with Gasteiger partial charge in [-0.3, -0.25) is 0 Å². The van der Waals surface area contributed by atoms with E-state index < -0.39 is 0 Å². The zero-order valence-electron chi connectivity index (χ0n) is 36.9. The van der Waals surface area contributed by atoms with Gasteiger partial charge in [-0.2, -0.15) is 0 Å². The van der Waals surface area contributed by atoms with Crippen molar-refractivity contribution in [2.24, 2.45) is 11.3 Å². The molecule has 0 aliphatic heterocycles. The highest BCUT2D eigenvalue weighted by molar-refractivity contribution is 4.88. The summed E-state index contributed by atoms with van der Waals surface area (Å²) in [5, 5.41) is 9.23. The maximum Gasteiger partial charge on any atom is 0.188 e. The van der Waals surface area contributed by atoms with E-state index in [1.165, 1.54) is 24.0 Å². The summed E-state index contributed by atoms with van der Waals surface area (Å²) in [5.41, 5.74) is 2.12. The number of allylic oxidation sites excluding steroid dienone is 6. The Morgan fingerprint density at radius 1 is 0.456 bits per heavy atom. The predicted octanol–water partition coefficient (Wildman–Crippen LogP) is 9.77. The molecule has 0 bridgehead atoms. The average Bonchev–Trinajstić information content (AvgIpc) is 3.13. The van der Waals surface area contributed by atoms with Crippen LogP contribution in [0.2, 0.25) is 0 Å². The van der Waals surface area contributed by atoms with E-state index in [0.717, 1.165) is 51.4 Å². The molecule has 0 aromatic heterocycles. The fourth-order valence-corrected chi connectivity index (χ4v) is 4.89. The molecule has 0 rings (SSSR count). The van der Waals surface area contributed by atoms with Crippen LogP contribution in [-0.4, -0.2) is 105 Å². The van der Waals surface area contributed by atoms with E-state index in [9.17, 15) is 5.11 Å². The molecule has 0 saturated heterocycles. The fraction of sp³-hybridized carbons (Fsp3) is 0.733. The zero-order valence-corrected chi connectivity index (χ0v) is 36.9. The Morgan fingerprint density at radius 2 is 0.807 bits per heavy atom. The molecule has 57 heavy (non-hydrogen) atoms. The third-order valence-corrected chi connectivity index (χ3v) is 8.03. The Balaban J connectivity index is 0. The Hall–Kier alpha value is -2.68. The zero-order chi connectivity index (χ0) is 43.0. The molecule has 0 radical (unpaired) electrons. The Bertz CT molecular complexity index is 974. The van der Waals surface area contributed by atoms with Crippen molar-refractivity contribution < 1.29 is 57.2 Å². The van der Waals surface area contributed by atoms with Crippen LogP contribution in [0.5, 0.6) is 0 Å². The number of unbranched alkanes of at least 4 members (excludes halogenated alkanes) is 4. The van der Waals surface area contributed by atoms with Crippen molar-refractivity contribution in [2.45, 2.75) is 106 Å². The molecule has 1 unspecified atom stereocenters. The molecule has 1 N–H and O–H groups in total. The lowest BCUT2D eigenvalue weighted by Crippen LogP contribution is -2.38. The quantitative estimate of drug-likeness (QED) is 0.0273. The topological polar surface area (TPSA) is 122 Å². The SMILES string of the molecule is C=C(C)CCCCCC(CO)COCOC(=C)C.C=C(C)CCCCCC(COCCOCOC(=C)C)(COCCOCOC(=C)C)COCCOCOC(=C)C. The molecule has 0 spiro atoms. The first-order valence-corrected chi connectivity index (χ1v) is 20.3.